The van der Waals surface area contributed by atoms with Crippen molar-refractivity contribution in [1.29, 1.82) is 0 Å². The first kappa shape index (κ1) is 15.0. The average molecular weight is 275 g/mol. The van der Waals surface area contributed by atoms with Gasteiger partial charge < -0.3 is 4.74 Å². The zero-order chi connectivity index (χ0) is 14.5. The molecule has 0 aromatic heterocycles. The first-order valence-corrected chi connectivity index (χ1v) is 7.47. The molecule has 0 atom stereocenters. The van der Waals surface area contributed by atoms with Crippen molar-refractivity contribution in [3.05, 3.63) is 34.9 Å². The van der Waals surface area contributed by atoms with Gasteiger partial charge in [-0.25, -0.2) is 0 Å². The van der Waals surface area contributed by atoms with Gasteiger partial charge in [0.05, 0.1) is 13.7 Å². The number of benzene rings is 1. The highest BCUT2D eigenvalue weighted by Gasteiger charge is 2.25. The van der Waals surface area contributed by atoms with Crippen LogP contribution in [0.5, 0.6) is 0 Å². The van der Waals surface area contributed by atoms with Gasteiger partial charge >= 0.3 is 5.97 Å². The van der Waals surface area contributed by atoms with Crippen LogP contribution >= 0.6 is 0 Å². The fourth-order valence-corrected chi connectivity index (χ4v) is 3.12. The van der Waals surface area contributed by atoms with Crippen LogP contribution in [-0.2, 0) is 16.1 Å². The molecule has 3 nitrogen and oxygen atoms in total. The molecule has 1 aliphatic carbocycles. The van der Waals surface area contributed by atoms with Crippen LogP contribution in [0.4, 0.5) is 0 Å². The Balaban J connectivity index is 2.16. The summed E-state index contributed by atoms with van der Waals surface area (Å²) in [5.41, 5.74) is 3.96. The maximum Gasteiger partial charge on any atom is 0.319 e. The van der Waals surface area contributed by atoms with E-state index in [9.17, 15) is 4.79 Å². The lowest BCUT2D eigenvalue weighted by Crippen LogP contribution is -2.37. The van der Waals surface area contributed by atoms with Crippen molar-refractivity contribution in [2.75, 3.05) is 13.7 Å². The van der Waals surface area contributed by atoms with Crippen LogP contribution in [0, 0.1) is 13.8 Å². The fraction of sp³-hybridized carbons (Fsp3) is 0.588. The van der Waals surface area contributed by atoms with Crippen LogP contribution in [0.15, 0.2) is 18.2 Å². The summed E-state index contributed by atoms with van der Waals surface area (Å²) in [4.78, 5) is 14.0. The Hall–Kier alpha value is -1.35. The maximum absolute atomic E-state index is 11.7. The van der Waals surface area contributed by atoms with E-state index in [1.54, 1.807) is 0 Å². The van der Waals surface area contributed by atoms with Crippen molar-refractivity contribution in [3.63, 3.8) is 0 Å². The molecule has 0 N–H and O–H groups in total. The summed E-state index contributed by atoms with van der Waals surface area (Å²) in [6.45, 7) is 5.54. The van der Waals surface area contributed by atoms with Crippen molar-refractivity contribution < 1.29 is 9.53 Å². The molecule has 0 radical (unpaired) electrons. The lowest BCUT2D eigenvalue weighted by Gasteiger charge is -2.29. The number of aryl methyl sites for hydroxylation is 2. The van der Waals surface area contributed by atoms with Crippen LogP contribution in [0.3, 0.4) is 0 Å². The summed E-state index contributed by atoms with van der Waals surface area (Å²) >= 11 is 0. The monoisotopic (exact) mass is 275 g/mol. The van der Waals surface area contributed by atoms with Crippen molar-refractivity contribution >= 4 is 5.97 Å². The highest BCUT2D eigenvalue weighted by molar-refractivity contribution is 5.71. The molecule has 1 saturated carbocycles. The number of hydrogen-bond acceptors (Lipinski definition) is 3. The van der Waals surface area contributed by atoms with Crippen LogP contribution in [0.2, 0.25) is 0 Å². The Bertz CT molecular complexity index is 444. The maximum atomic E-state index is 11.7. The van der Waals surface area contributed by atoms with Crippen molar-refractivity contribution in [2.24, 2.45) is 0 Å². The largest absolute Gasteiger partial charge is 0.468 e. The van der Waals surface area contributed by atoms with Crippen molar-refractivity contribution in [1.82, 2.24) is 4.90 Å². The molecule has 1 aromatic rings. The summed E-state index contributed by atoms with van der Waals surface area (Å²) < 4.78 is 4.86. The predicted octanol–water partition coefficient (Wildman–Crippen LogP) is 3.22. The van der Waals surface area contributed by atoms with E-state index >= 15 is 0 Å². The standard InChI is InChI=1S/C17H25NO2/c1-13-7-6-8-14(2)16(13)11-18(12-17(19)20-3)15-9-4-5-10-15/h6-8,15H,4-5,9-12H2,1-3H3. The summed E-state index contributed by atoms with van der Waals surface area (Å²) in [5.74, 6) is -0.136. The first-order chi connectivity index (χ1) is 9.61. The highest BCUT2D eigenvalue weighted by atomic mass is 16.5. The third kappa shape index (κ3) is 3.60. The second-order valence-electron chi connectivity index (χ2n) is 5.79. The van der Waals surface area contributed by atoms with Crippen LogP contribution < -0.4 is 0 Å². The number of hydrogen-bond donors (Lipinski definition) is 0. The average Bonchev–Trinajstić information content (AvgIpc) is 2.95. The second-order valence-corrected chi connectivity index (χ2v) is 5.79. The van der Waals surface area contributed by atoms with E-state index in [2.05, 4.69) is 36.9 Å². The van der Waals surface area contributed by atoms with Gasteiger partial charge in [-0.15, -0.1) is 0 Å². The summed E-state index contributed by atoms with van der Waals surface area (Å²) in [5, 5.41) is 0. The Morgan fingerprint density at radius 2 is 1.85 bits per heavy atom. The van der Waals surface area contributed by atoms with Gasteiger partial charge in [-0.2, -0.15) is 0 Å². The number of carbonyl (C=O) groups excluding carboxylic acids is 1. The normalized spacial score (nSPS) is 15.8. The zero-order valence-corrected chi connectivity index (χ0v) is 12.8. The van der Waals surface area contributed by atoms with E-state index in [-0.39, 0.29) is 5.97 Å². The van der Waals surface area contributed by atoms with E-state index in [4.69, 9.17) is 4.74 Å². The van der Waals surface area contributed by atoms with Gasteiger partial charge in [0.1, 0.15) is 0 Å². The Kier molecular flexibility index (Phi) is 5.18. The molecule has 0 saturated heterocycles. The number of carbonyl (C=O) groups is 1. The van der Waals surface area contributed by atoms with Gasteiger partial charge in [0.15, 0.2) is 0 Å². The van der Waals surface area contributed by atoms with E-state index in [1.807, 2.05) is 0 Å². The molecule has 1 aromatic carbocycles. The van der Waals surface area contributed by atoms with Crippen molar-refractivity contribution in [3.8, 4) is 0 Å². The molecule has 1 fully saturated rings. The van der Waals surface area contributed by atoms with Gasteiger partial charge in [-0.3, -0.25) is 9.69 Å². The van der Waals surface area contributed by atoms with Crippen LogP contribution in [-0.4, -0.2) is 30.6 Å². The number of ether oxygens (including phenoxy) is 1. The van der Waals surface area contributed by atoms with E-state index in [1.165, 1.54) is 49.5 Å². The zero-order valence-electron chi connectivity index (χ0n) is 12.8. The topological polar surface area (TPSA) is 29.5 Å². The molecule has 0 bridgehead atoms. The molecule has 1 aliphatic rings. The molecular weight excluding hydrogens is 250 g/mol. The quantitative estimate of drug-likeness (QED) is 0.773. The third-order valence-electron chi connectivity index (χ3n) is 4.41. The van der Waals surface area contributed by atoms with E-state index < -0.39 is 0 Å². The highest BCUT2D eigenvalue weighted by Crippen LogP contribution is 2.26. The number of methoxy groups -OCH3 is 1. The number of rotatable bonds is 5. The second kappa shape index (κ2) is 6.89. The lowest BCUT2D eigenvalue weighted by molar-refractivity contribution is -0.142. The van der Waals surface area contributed by atoms with Gasteiger partial charge in [0.25, 0.3) is 0 Å². The first-order valence-electron chi connectivity index (χ1n) is 7.47. The number of nitrogens with zero attached hydrogens (tertiary/aromatic N) is 1. The molecule has 0 aliphatic heterocycles. The smallest absolute Gasteiger partial charge is 0.319 e. The molecule has 110 valence electrons. The van der Waals surface area contributed by atoms with Crippen LogP contribution in [0.25, 0.3) is 0 Å². The molecule has 2 rings (SSSR count). The minimum atomic E-state index is -0.136. The van der Waals surface area contributed by atoms with Crippen molar-refractivity contribution in [2.45, 2.75) is 52.1 Å². The Morgan fingerprint density at radius 1 is 1.25 bits per heavy atom. The Morgan fingerprint density at radius 3 is 2.40 bits per heavy atom. The van der Waals surface area contributed by atoms with E-state index in [0.29, 0.717) is 12.6 Å². The number of esters is 1. The predicted molar refractivity (Wildman–Crippen MR) is 80.6 cm³/mol. The van der Waals surface area contributed by atoms with Gasteiger partial charge in [-0.05, 0) is 43.4 Å². The molecular formula is C17H25NO2. The minimum Gasteiger partial charge on any atom is -0.468 e. The minimum absolute atomic E-state index is 0.136. The fourth-order valence-electron chi connectivity index (χ4n) is 3.12. The molecule has 0 heterocycles. The summed E-state index contributed by atoms with van der Waals surface area (Å²) in [6.07, 6.45) is 4.94. The summed E-state index contributed by atoms with van der Waals surface area (Å²) in [6, 6.07) is 6.91. The van der Waals surface area contributed by atoms with Crippen LogP contribution in [0.1, 0.15) is 42.4 Å². The lowest BCUT2D eigenvalue weighted by atomic mass is 10.0. The molecule has 20 heavy (non-hydrogen) atoms. The third-order valence-corrected chi connectivity index (χ3v) is 4.41. The molecule has 0 amide bonds. The molecule has 3 heteroatoms. The summed E-state index contributed by atoms with van der Waals surface area (Å²) in [7, 11) is 1.47. The molecule has 0 unspecified atom stereocenters. The SMILES string of the molecule is COC(=O)CN(Cc1c(C)cccc1C)C1CCCC1. The van der Waals surface area contributed by atoms with Gasteiger partial charge in [0.2, 0.25) is 0 Å². The molecule has 0 spiro atoms. The Labute approximate surface area is 121 Å². The van der Waals surface area contributed by atoms with Gasteiger partial charge in [0, 0.05) is 12.6 Å². The van der Waals surface area contributed by atoms with Gasteiger partial charge in [-0.1, -0.05) is 31.0 Å². The van der Waals surface area contributed by atoms with E-state index in [0.717, 1.165) is 6.54 Å².